The molecule has 43 heavy (non-hydrogen) atoms. The number of phenols is 1. The first-order valence-corrected chi connectivity index (χ1v) is 16.1. The Bertz CT molecular complexity index is 1210. The minimum absolute atomic E-state index is 0.0768. The number of hydrogen-bond donors (Lipinski definition) is 2. The van der Waals surface area contributed by atoms with Gasteiger partial charge in [0, 0.05) is 18.6 Å². The van der Waals surface area contributed by atoms with E-state index >= 15 is 0 Å². The van der Waals surface area contributed by atoms with Crippen LogP contribution in [0.1, 0.15) is 116 Å². The van der Waals surface area contributed by atoms with Crippen LogP contribution in [-0.4, -0.2) is 40.7 Å². The van der Waals surface area contributed by atoms with Gasteiger partial charge in [-0.1, -0.05) is 123 Å². The Morgan fingerprint density at radius 3 is 2.09 bits per heavy atom. The largest absolute Gasteiger partial charge is 0.505 e. The van der Waals surface area contributed by atoms with Gasteiger partial charge in [-0.05, 0) is 29.5 Å². The molecule has 1 saturated heterocycles. The van der Waals surface area contributed by atoms with Gasteiger partial charge in [0.15, 0.2) is 0 Å². The van der Waals surface area contributed by atoms with Gasteiger partial charge in [-0.2, -0.15) is 0 Å². The second kappa shape index (κ2) is 16.5. The normalized spacial score (nSPS) is 15.4. The lowest BCUT2D eigenvalue weighted by atomic mass is 9.85. The van der Waals surface area contributed by atoms with Crippen LogP contribution in [-0.2, 0) is 26.3 Å². The predicted octanol–water partition coefficient (Wildman–Crippen LogP) is 8.27. The average Bonchev–Trinajstić information content (AvgIpc) is 3.20. The second-order valence-electron chi connectivity index (χ2n) is 12.5. The summed E-state index contributed by atoms with van der Waals surface area (Å²) in [7, 11) is 0. The van der Waals surface area contributed by atoms with Crippen LogP contribution in [0.15, 0.2) is 42.5 Å². The maximum atomic E-state index is 13.9. The van der Waals surface area contributed by atoms with Crippen molar-refractivity contribution >= 4 is 29.2 Å². The Balaban J connectivity index is 1.77. The number of carbonyl (C=O) groups is 3. The number of urea groups is 1. The lowest BCUT2D eigenvalue weighted by molar-refractivity contribution is -0.134. The third-order valence-electron chi connectivity index (χ3n) is 7.88. The molecular formula is C35H51N3O5. The molecule has 0 spiro atoms. The Hall–Kier alpha value is -3.39. The van der Waals surface area contributed by atoms with E-state index in [0.717, 1.165) is 29.7 Å². The van der Waals surface area contributed by atoms with Gasteiger partial charge in [-0.15, -0.1) is 0 Å². The summed E-state index contributed by atoms with van der Waals surface area (Å²) in [5.74, 6) is -0.840. The predicted molar refractivity (Wildman–Crippen MR) is 172 cm³/mol. The van der Waals surface area contributed by atoms with Crippen molar-refractivity contribution in [3.63, 3.8) is 0 Å². The first kappa shape index (κ1) is 34.1. The number of ether oxygens (including phenoxy) is 1. The second-order valence-corrected chi connectivity index (χ2v) is 12.5. The van der Waals surface area contributed by atoms with Crippen molar-refractivity contribution in [2.75, 3.05) is 16.8 Å². The molecule has 8 heteroatoms. The minimum atomic E-state index is -1.06. The highest BCUT2D eigenvalue weighted by Crippen LogP contribution is 2.41. The maximum absolute atomic E-state index is 13.9. The number of nitrogens with zero attached hydrogens (tertiary/aromatic N) is 2. The summed E-state index contributed by atoms with van der Waals surface area (Å²) in [6.45, 7) is 10.3. The minimum Gasteiger partial charge on any atom is -0.505 e. The first-order valence-electron chi connectivity index (χ1n) is 16.1. The summed E-state index contributed by atoms with van der Waals surface area (Å²) >= 11 is 0. The standard InChI is InChI=1S/C35H51N3O5/c1-6-8-9-10-11-12-13-14-15-19-22-43-33-32(41)38(34(42)37(33)25-26-20-17-16-18-21-26)27-23-28(35(3,4)5)31(40)29(24-27)36-30(39)7-2/h16-18,20-21,23-24,33,40H,6-15,19,22,25H2,1-5H3,(H,36,39). The summed E-state index contributed by atoms with van der Waals surface area (Å²) in [6.07, 6.45) is 11.1. The van der Waals surface area contributed by atoms with Crippen molar-refractivity contribution in [2.24, 2.45) is 0 Å². The highest BCUT2D eigenvalue weighted by Gasteiger charge is 2.47. The average molecular weight is 594 g/mol. The molecule has 0 radical (unpaired) electrons. The van der Waals surface area contributed by atoms with Gasteiger partial charge < -0.3 is 15.2 Å². The molecule has 0 bridgehead atoms. The number of carbonyl (C=O) groups excluding carboxylic acids is 3. The maximum Gasteiger partial charge on any atom is 0.334 e. The summed E-state index contributed by atoms with van der Waals surface area (Å²) in [5.41, 5.74) is 1.33. The van der Waals surface area contributed by atoms with Gasteiger partial charge in [-0.25, -0.2) is 9.69 Å². The number of hydrogen-bond acceptors (Lipinski definition) is 5. The van der Waals surface area contributed by atoms with E-state index in [1.807, 2.05) is 51.1 Å². The van der Waals surface area contributed by atoms with Crippen molar-refractivity contribution in [3.05, 3.63) is 53.6 Å². The number of rotatable bonds is 17. The molecule has 3 rings (SSSR count). The van der Waals surface area contributed by atoms with Crippen LogP contribution in [0, 0.1) is 0 Å². The van der Waals surface area contributed by atoms with E-state index in [2.05, 4.69) is 12.2 Å². The van der Waals surface area contributed by atoms with Crippen LogP contribution in [0.3, 0.4) is 0 Å². The Kier molecular flexibility index (Phi) is 13.1. The van der Waals surface area contributed by atoms with E-state index in [9.17, 15) is 19.5 Å². The highest BCUT2D eigenvalue weighted by molar-refractivity contribution is 6.21. The molecule has 2 aromatic carbocycles. The van der Waals surface area contributed by atoms with Crippen LogP contribution in [0.4, 0.5) is 16.2 Å². The van der Waals surface area contributed by atoms with E-state index in [1.54, 1.807) is 13.0 Å². The van der Waals surface area contributed by atoms with Crippen molar-refractivity contribution in [1.29, 1.82) is 0 Å². The summed E-state index contributed by atoms with van der Waals surface area (Å²) in [4.78, 5) is 42.5. The van der Waals surface area contributed by atoms with E-state index < -0.39 is 23.6 Å². The van der Waals surface area contributed by atoms with E-state index in [4.69, 9.17) is 4.74 Å². The van der Waals surface area contributed by atoms with Crippen LogP contribution in [0.25, 0.3) is 0 Å². The molecular weight excluding hydrogens is 542 g/mol. The van der Waals surface area contributed by atoms with Gasteiger partial charge in [0.1, 0.15) is 5.75 Å². The van der Waals surface area contributed by atoms with Crippen molar-refractivity contribution < 1.29 is 24.2 Å². The quantitative estimate of drug-likeness (QED) is 0.109. The topological polar surface area (TPSA) is 99.2 Å². The summed E-state index contributed by atoms with van der Waals surface area (Å²) in [5, 5.41) is 13.7. The van der Waals surface area contributed by atoms with Crippen molar-refractivity contribution in [3.8, 4) is 5.75 Å². The molecule has 236 valence electrons. The number of nitrogens with one attached hydrogen (secondary N) is 1. The van der Waals surface area contributed by atoms with Gasteiger partial charge in [0.25, 0.3) is 5.91 Å². The SMILES string of the molecule is CCCCCCCCCCCCOC1C(=O)N(c2cc(NC(=O)CC)c(O)c(C(C)(C)C)c2)C(=O)N1Cc1ccccc1. The number of phenolic OH excluding ortho intramolecular Hbond substituents is 1. The lowest BCUT2D eigenvalue weighted by Gasteiger charge is -2.25. The van der Waals surface area contributed by atoms with Crippen LogP contribution in [0.2, 0.25) is 0 Å². The fraction of sp³-hybridized carbons (Fsp3) is 0.571. The fourth-order valence-electron chi connectivity index (χ4n) is 5.33. The smallest absolute Gasteiger partial charge is 0.334 e. The van der Waals surface area contributed by atoms with Gasteiger partial charge in [-0.3, -0.25) is 14.5 Å². The van der Waals surface area contributed by atoms with Crippen molar-refractivity contribution in [2.45, 2.75) is 123 Å². The van der Waals surface area contributed by atoms with Gasteiger partial charge in [0.2, 0.25) is 12.1 Å². The molecule has 0 aliphatic carbocycles. The molecule has 0 saturated carbocycles. The molecule has 1 heterocycles. The Labute approximate surface area is 257 Å². The van der Waals surface area contributed by atoms with E-state index in [-0.39, 0.29) is 36.0 Å². The van der Waals surface area contributed by atoms with Crippen LogP contribution < -0.4 is 10.2 Å². The number of amides is 4. The van der Waals surface area contributed by atoms with Crippen LogP contribution in [0.5, 0.6) is 5.75 Å². The lowest BCUT2D eigenvalue weighted by Crippen LogP contribution is -2.37. The summed E-state index contributed by atoms with van der Waals surface area (Å²) in [6, 6.07) is 12.2. The molecule has 1 atom stereocenters. The first-order chi connectivity index (χ1) is 20.6. The Morgan fingerprint density at radius 1 is 0.907 bits per heavy atom. The van der Waals surface area contributed by atoms with E-state index in [0.29, 0.717) is 12.2 Å². The van der Waals surface area contributed by atoms with Crippen LogP contribution >= 0.6 is 0 Å². The number of benzene rings is 2. The highest BCUT2D eigenvalue weighted by atomic mass is 16.5. The molecule has 1 aliphatic heterocycles. The van der Waals surface area contributed by atoms with Gasteiger partial charge >= 0.3 is 6.03 Å². The number of aromatic hydroxyl groups is 1. The third-order valence-corrected chi connectivity index (χ3v) is 7.88. The molecule has 2 N–H and O–H groups in total. The molecule has 4 amide bonds. The van der Waals surface area contributed by atoms with Crippen molar-refractivity contribution in [1.82, 2.24) is 4.90 Å². The Morgan fingerprint density at radius 2 is 1.51 bits per heavy atom. The number of imide groups is 1. The molecule has 1 fully saturated rings. The third kappa shape index (κ3) is 9.55. The zero-order chi connectivity index (χ0) is 31.4. The fourth-order valence-corrected chi connectivity index (χ4v) is 5.33. The summed E-state index contributed by atoms with van der Waals surface area (Å²) < 4.78 is 6.12. The molecule has 2 aromatic rings. The molecule has 0 aromatic heterocycles. The molecule has 8 nitrogen and oxygen atoms in total. The zero-order valence-corrected chi connectivity index (χ0v) is 26.8. The zero-order valence-electron chi connectivity index (χ0n) is 26.8. The monoisotopic (exact) mass is 593 g/mol. The molecule has 1 unspecified atom stereocenters. The van der Waals surface area contributed by atoms with E-state index in [1.165, 1.54) is 55.9 Å². The molecule has 1 aliphatic rings. The number of anilines is 2. The number of unbranched alkanes of at least 4 members (excludes halogenated alkanes) is 9. The van der Waals surface area contributed by atoms with Gasteiger partial charge in [0.05, 0.1) is 17.9 Å².